The number of anilines is 1. The van der Waals surface area contributed by atoms with E-state index in [0.29, 0.717) is 30.5 Å². The molecule has 2 aliphatic rings. The molecular formula is C22H24N6O3. The number of hydrogen-bond donors (Lipinski definition) is 0. The molecule has 0 saturated carbocycles. The maximum atomic E-state index is 13.6. The number of carbonyl (C=O) groups is 1. The van der Waals surface area contributed by atoms with Gasteiger partial charge in [0.2, 0.25) is 11.9 Å². The highest BCUT2D eigenvalue weighted by Gasteiger charge is 2.45. The summed E-state index contributed by atoms with van der Waals surface area (Å²) in [7, 11) is 1.74. The molecule has 0 radical (unpaired) electrons. The van der Waals surface area contributed by atoms with E-state index in [0.717, 1.165) is 18.7 Å². The first-order valence-electron chi connectivity index (χ1n) is 10.4. The zero-order valence-corrected chi connectivity index (χ0v) is 17.5. The third-order valence-corrected chi connectivity index (χ3v) is 6.19. The van der Waals surface area contributed by atoms with Crippen molar-refractivity contribution in [2.45, 2.75) is 31.8 Å². The number of rotatable bonds is 4. The Balaban J connectivity index is 1.50. The third-order valence-electron chi connectivity index (χ3n) is 6.19. The maximum Gasteiger partial charge on any atom is 0.251 e. The SMILES string of the molecule is Cc1cc(CN(C)C(=O)[C@H]2[C@H]3C[C@H](CN(c4ncccn4)C3)c3cccc(=O)n32)no1. The molecule has 5 rings (SSSR count). The van der Waals surface area contributed by atoms with Crippen LogP contribution in [0, 0.1) is 12.8 Å². The molecule has 3 aromatic heterocycles. The van der Waals surface area contributed by atoms with Crippen LogP contribution in [0.5, 0.6) is 0 Å². The van der Waals surface area contributed by atoms with Crippen molar-refractivity contribution in [2.24, 2.45) is 5.92 Å². The van der Waals surface area contributed by atoms with Gasteiger partial charge < -0.3 is 14.3 Å². The summed E-state index contributed by atoms with van der Waals surface area (Å²) in [5, 5.41) is 4.00. The van der Waals surface area contributed by atoms with Gasteiger partial charge in [-0.3, -0.25) is 14.2 Å². The van der Waals surface area contributed by atoms with E-state index in [-0.39, 0.29) is 23.3 Å². The molecule has 3 atom stereocenters. The molecule has 5 heterocycles. The van der Waals surface area contributed by atoms with Gasteiger partial charge in [-0.25, -0.2) is 9.97 Å². The van der Waals surface area contributed by atoms with Crippen LogP contribution in [0.1, 0.15) is 35.5 Å². The lowest BCUT2D eigenvalue weighted by Gasteiger charge is -2.46. The number of fused-ring (bicyclic) bond motifs is 4. The van der Waals surface area contributed by atoms with Gasteiger partial charge >= 0.3 is 0 Å². The van der Waals surface area contributed by atoms with Gasteiger partial charge in [0.05, 0.1) is 6.54 Å². The van der Waals surface area contributed by atoms with Gasteiger partial charge in [-0.1, -0.05) is 11.2 Å². The van der Waals surface area contributed by atoms with Crippen molar-refractivity contribution < 1.29 is 9.32 Å². The standard InChI is InChI=1S/C22H24N6O3/c1-14-9-17(25-31-14)13-26(2)21(30)20-16-10-15(18-5-3-6-19(29)28(18)20)11-27(12-16)22-23-7-4-8-24-22/h3-9,15-16,20H,10-13H2,1-2H3/t15-,16+,20-/m1/s1. The molecule has 0 aliphatic carbocycles. The number of likely N-dealkylation sites (N-methyl/N-ethyl adjacent to an activating group) is 1. The first kappa shape index (κ1) is 19.5. The van der Waals surface area contributed by atoms with Crippen molar-refractivity contribution in [2.75, 3.05) is 25.0 Å². The summed E-state index contributed by atoms with van der Waals surface area (Å²) in [5.74, 6) is 1.37. The summed E-state index contributed by atoms with van der Waals surface area (Å²) < 4.78 is 6.83. The van der Waals surface area contributed by atoms with Crippen LogP contribution in [-0.2, 0) is 11.3 Å². The first-order valence-corrected chi connectivity index (χ1v) is 10.4. The van der Waals surface area contributed by atoms with Crippen molar-refractivity contribution in [3.8, 4) is 0 Å². The highest BCUT2D eigenvalue weighted by atomic mass is 16.5. The van der Waals surface area contributed by atoms with Gasteiger partial charge in [-0.15, -0.1) is 0 Å². The molecule has 1 amide bonds. The number of hydrogen-bond acceptors (Lipinski definition) is 7. The molecule has 0 N–H and O–H groups in total. The number of aromatic nitrogens is 4. The zero-order valence-electron chi connectivity index (χ0n) is 17.5. The summed E-state index contributed by atoms with van der Waals surface area (Å²) >= 11 is 0. The Morgan fingerprint density at radius 2 is 2.03 bits per heavy atom. The molecule has 0 aromatic carbocycles. The largest absolute Gasteiger partial charge is 0.361 e. The van der Waals surface area contributed by atoms with Crippen LogP contribution in [0.15, 0.2) is 52.0 Å². The monoisotopic (exact) mass is 420 g/mol. The molecule has 0 unspecified atom stereocenters. The van der Waals surface area contributed by atoms with Crippen molar-refractivity contribution in [1.82, 2.24) is 24.6 Å². The minimum Gasteiger partial charge on any atom is -0.361 e. The summed E-state index contributed by atoms with van der Waals surface area (Å²) in [6, 6.07) is 8.29. The Bertz CT molecular complexity index is 1160. The average Bonchev–Trinajstić information content (AvgIpc) is 3.19. The van der Waals surface area contributed by atoms with E-state index in [9.17, 15) is 9.59 Å². The average molecular weight is 420 g/mol. The topological polar surface area (TPSA) is 97.4 Å². The number of nitrogens with zero attached hydrogens (tertiary/aromatic N) is 6. The minimum absolute atomic E-state index is 0.0239. The second-order valence-corrected chi connectivity index (χ2v) is 8.37. The predicted molar refractivity (Wildman–Crippen MR) is 113 cm³/mol. The molecule has 9 nitrogen and oxygen atoms in total. The van der Waals surface area contributed by atoms with Crippen molar-refractivity contribution >= 4 is 11.9 Å². The lowest BCUT2D eigenvalue weighted by Crippen LogP contribution is -2.53. The Labute approximate surface area is 179 Å². The lowest BCUT2D eigenvalue weighted by atomic mass is 9.78. The quantitative estimate of drug-likeness (QED) is 0.634. The van der Waals surface area contributed by atoms with E-state index in [1.165, 1.54) is 6.07 Å². The highest BCUT2D eigenvalue weighted by Crippen LogP contribution is 2.42. The molecule has 160 valence electrons. The van der Waals surface area contributed by atoms with Crippen LogP contribution in [-0.4, -0.2) is 50.6 Å². The normalized spacial score (nSPS) is 22.1. The summed E-state index contributed by atoms with van der Waals surface area (Å²) in [6.45, 7) is 3.48. The predicted octanol–water partition coefficient (Wildman–Crippen LogP) is 1.76. The van der Waals surface area contributed by atoms with Gasteiger partial charge in [0.25, 0.3) is 5.56 Å². The van der Waals surface area contributed by atoms with Crippen LogP contribution in [0.4, 0.5) is 5.95 Å². The Hall–Kier alpha value is -3.49. The Morgan fingerprint density at radius 3 is 2.77 bits per heavy atom. The van der Waals surface area contributed by atoms with E-state index < -0.39 is 6.04 Å². The van der Waals surface area contributed by atoms with Gasteiger partial charge in [-0.05, 0) is 25.5 Å². The Kier molecular flexibility index (Phi) is 4.80. The maximum absolute atomic E-state index is 13.6. The minimum atomic E-state index is -0.579. The van der Waals surface area contributed by atoms with Gasteiger partial charge in [0.1, 0.15) is 17.5 Å². The second kappa shape index (κ2) is 7.64. The molecule has 0 spiro atoms. The van der Waals surface area contributed by atoms with E-state index in [4.69, 9.17) is 4.52 Å². The molecule has 2 bridgehead atoms. The van der Waals surface area contributed by atoms with Gasteiger partial charge in [0.15, 0.2) is 0 Å². The van der Waals surface area contributed by atoms with Crippen LogP contribution >= 0.6 is 0 Å². The summed E-state index contributed by atoms with van der Waals surface area (Å²) in [4.78, 5) is 39.0. The molecular weight excluding hydrogens is 396 g/mol. The van der Waals surface area contributed by atoms with Crippen molar-refractivity contribution in [1.29, 1.82) is 0 Å². The van der Waals surface area contributed by atoms with Crippen LogP contribution in [0.2, 0.25) is 0 Å². The summed E-state index contributed by atoms with van der Waals surface area (Å²) in [6.07, 6.45) is 4.29. The molecule has 9 heteroatoms. The second-order valence-electron chi connectivity index (χ2n) is 8.37. The molecule has 2 aliphatic heterocycles. The summed E-state index contributed by atoms with van der Waals surface area (Å²) in [5.41, 5.74) is 1.44. The van der Waals surface area contributed by atoms with Crippen LogP contribution in [0.3, 0.4) is 0 Å². The lowest BCUT2D eigenvalue weighted by molar-refractivity contribution is -0.136. The molecule has 1 saturated heterocycles. The van der Waals surface area contributed by atoms with E-state index in [1.54, 1.807) is 41.0 Å². The molecule has 1 fully saturated rings. The van der Waals surface area contributed by atoms with E-state index in [1.807, 2.05) is 19.1 Å². The van der Waals surface area contributed by atoms with Gasteiger partial charge in [-0.2, -0.15) is 0 Å². The zero-order chi connectivity index (χ0) is 21.5. The number of amides is 1. The third kappa shape index (κ3) is 3.49. The van der Waals surface area contributed by atoms with Crippen LogP contribution in [0.25, 0.3) is 0 Å². The van der Waals surface area contributed by atoms with Crippen molar-refractivity contribution in [3.05, 3.63) is 70.2 Å². The smallest absolute Gasteiger partial charge is 0.251 e. The number of aryl methyl sites for hydroxylation is 1. The number of carbonyl (C=O) groups excluding carboxylic acids is 1. The fourth-order valence-corrected chi connectivity index (χ4v) is 4.91. The molecule has 3 aromatic rings. The van der Waals surface area contributed by atoms with Crippen LogP contribution < -0.4 is 10.5 Å². The molecule has 31 heavy (non-hydrogen) atoms. The Morgan fingerprint density at radius 1 is 1.23 bits per heavy atom. The van der Waals surface area contributed by atoms with E-state index in [2.05, 4.69) is 20.0 Å². The van der Waals surface area contributed by atoms with E-state index >= 15 is 0 Å². The fraction of sp³-hybridized carbons (Fsp3) is 0.409. The number of piperidine rings is 1. The fourth-order valence-electron chi connectivity index (χ4n) is 4.91. The van der Waals surface area contributed by atoms with Gasteiger partial charge in [0, 0.05) is 62.2 Å². The highest BCUT2D eigenvalue weighted by molar-refractivity contribution is 5.81. The van der Waals surface area contributed by atoms with Crippen molar-refractivity contribution in [3.63, 3.8) is 0 Å². The number of pyridine rings is 1. The first-order chi connectivity index (χ1) is 15.0.